The molecule has 0 spiro atoms. The van der Waals surface area contributed by atoms with Crippen molar-refractivity contribution in [3.05, 3.63) is 66.5 Å². The minimum atomic E-state index is -0.215. The molecule has 0 aromatic carbocycles. The predicted molar refractivity (Wildman–Crippen MR) is 106 cm³/mol. The normalized spacial score (nSPS) is 16.3. The van der Waals surface area contributed by atoms with E-state index in [9.17, 15) is 4.79 Å². The van der Waals surface area contributed by atoms with Crippen LogP contribution in [0.3, 0.4) is 0 Å². The van der Waals surface area contributed by atoms with Gasteiger partial charge in [0.15, 0.2) is 0 Å². The Kier molecular flexibility index (Phi) is 5.23. The minimum absolute atomic E-state index is 0.166. The molecule has 4 heterocycles. The predicted octanol–water partition coefficient (Wildman–Crippen LogP) is 2.80. The number of imidazole rings is 2. The van der Waals surface area contributed by atoms with Crippen molar-refractivity contribution in [2.75, 3.05) is 13.1 Å². The third-order valence-corrected chi connectivity index (χ3v) is 5.66. The van der Waals surface area contributed by atoms with Crippen LogP contribution in [0.4, 0.5) is 0 Å². The first-order chi connectivity index (χ1) is 13.6. The summed E-state index contributed by atoms with van der Waals surface area (Å²) < 4.78 is 4.16. The van der Waals surface area contributed by atoms with Crippen molar-refractivity contribution in [2.24, 2.45) is 0 Å². The van der Waals surface area contributed by atoms with E-state index in [2.05, 4.69) is 19.5 Å². The van der Waals surface area contributed by atoms with Crippen molar-refractivity contribution in [1.82, 2.24) is 29.0 Å². The second kappa shape index (κ2) is 7.96. The van der Waals surface area contributed by atoms with Crippen LogP contribution < -0.4 is 0 Å². The molecule has 1 atom stereocenters. The fourth-order valence-electron chi connectivity index (χ4n) is 4.04. The first-order valence-electron chi connectivity index (χ1n) is 9.81. The first-order valence-corrected chi connectivity index (χ1v) is 9.81. The third kappa shape index (κ3) is 3.69. The van der Waals surface area contributed by atoms with Gasteiger partial charge in [-0.15, -0.1) is 0 Å². The van der Waals surface area contributed by atoms with Gasteiger partial charge in [-0.2, -0.15) is 0 Å². The number of amides is 1. The highest BCUT2D eigenvalue weighted by atomic mass is 16.2. The van der Waals surface area contributed by atoms with Gasteiger partial charge in [-0.1, -0.05) is 0 Å². The molecule has 1 unspecified atom stereocenters. The van der Waals surface area contributed by atoms with Gasteiger partial charge >= 0.3 is 0 Å². The maximum atomic E-state index is 12.9. The topological polar surface area (TPSA) is 68.8 Å². The van der Waals surface area contributed by atoms with E-state index >= 15 is 0 Å². The van der Waals surface area contributed by atoms with E-state index in [4.69, 9.17) is 0 Å². The van der Waals surface area contributed by atoms with Gasteiger partial charge in [-0.25, -0.2) is 9.97 Å². The largest absolute Gasteiger partial charge is 0.341 e. The molecule has 0 saturated carbocycles. The number of nitrogens with zero attached hydrogens (tertiary/aromatic N) is 6. The van der Waals surface area contributed by atoms with Gasteiger partial charge in [-0.3, -0.25) is 9.78 Å². The smallest absolute Gasteiger partial charge is 0.245 e. The number of rotatable bonds is 5. The van der Waals surface area contributed by atoms with Crippen LogP contribution in [0.5, 0.6) is 0 Å². The third-order valence-electron chi connectivity index (χ3n) is 5.66. The monoisotopic (exact) mass is 378 g/mol. The standard InChI is InChI=1S/C21H26N6O/c1-16(27-14-10-23-17(27)2)21(28)25-11-5-19(6-12-25)20-24-9-13-26(20)15-18-3-7-22-8-4-18/h3-4,7-10,13-14,16,19H,5-6,11-12,15H2,1-2H3. The quantitative estimate of drug-likeness (QED) is 0.685. The molecule has 7 nitrogen and oxygen atoms in total. The van der Waals surface area contributed by atoms with Crippen LogP contribution in [-0.4, -0.2) is 48.0 Å². The molecule has 0 N–H and O–H groups in total. The number of carbonyl (C=O) groups excluding carboxylic acids is 1. The summed E-state index contributed by atoms with van der Waals surface area (Å²) in [7, 11) is 0. The van der Waals surface area contributed by atoms with Gasteiger partial charge in [0.1, 0.15) is 17.7 Å². The number of piperidine rings is 1. The average molecular weight is 378 g/mol. The van der Waals surface area contributed by atoms with Crippen LogP contribution in [0.2, 0.25) is 0 Å². The maximum absolute atomic E-state index is 12.9. The van der Waals surface area contributed by atoms with Crippen molar-refractivity contribution < 1.29 is 4.79 Å². The lowest BCUT2D eigenvalue weighted by Crippen LogP contribution is -2.41. The SMILES string of the molecule is Cc1nccn1C(C)C(=O)N1CCC(c2nccn2Cc2ccncc2)CC1. The second-order valence-corrected chi connectivity index (χ2v) is 7.43. The number of carbonyl (C=O) groups is 1. The molecule has 1 saturated heterocycles. The van der Waals surface area contributed by atoms with Gasteiger partial charge < -0.3 is 14.0 Å². The Morgan fingerprint density at radius 2 is 1.82 bits per heavy atom. The molecule has 28 heavy (non-hydrogen) atoms. The zero-order chi connectivity index (χ0) is 19.5. The number of hydrogen-bond acceptors (Lipinski definition) is 4. The summed E-state index contributed by atoms with van der Waals surface area (Å²) in [4.78, 5) is 27.8. The van der Waals surface area contributed by atoms with Crippen LogP contribution >= 0.6 is 0 Å². The second-order valence-electron chi connectivity index (χ2n) is 7.43. The van der Waals surface area contributed by atoms with E-state index in [1.165, 1.54) is 5.56 Å². The Labute approximate surface area is 165 Å². The van der Waals surface area contributed by atoms with Crippen LogP contribution in [0.1, 0.15) is 48.9 Å². The minimum Gasteiger partial charge on any atom is -0.341 e. The molecule has 1 aliphatic rings. The van der Waals surface area contributed by atoms with Crippen molar-refractivity contribution in [3.8, 4) is 0 Å². The first kappa shape index (κ1) is 18.4. The summed E-state index contributed by atoms with van der Waals surface area (Å²) in [6.07, 6.45) is 13.0. The van der Waals surface area contributed by atoms with E-state index in [0.29, 0.717) is 5.92 Å². The number of aryl methyl sites for hydroxylation is 1. The number of likely N-dealkylation sites (tertiary alicyclic amines) is 1. The summed E-state index contributed by atoms with van der Waals surface area (Å²) in [6, 6.07) is 3.85. The van der Waals surface area contributed by atoms with Gasteiger partial charge in [0.2, 0.25) is 5.91 Å². The fraction of sp³-hybridized carbons (Fsp3) is 0.429. The molecule has 7 heteroatoms. The highest BCUT2D eigenvalue weighted by Gasteiger charge is 2.29. The molecule has 3 aromatic heterocycles. The number of pyridine rings is 1. The summed E-state index contributed by atoms with van der Waals surface area (Å²) in [6.45, 7) is 6.21. The van der Waals surface area contributed by atoms with Gasteiger partial charge in [0.05, 0.1) is 0 Å². The zero-order valence-electron chi connectivity index (χ0n) is 16.4. The van der Waals surface area contributed by atoms with Crippen molar-refractivity contribution in [3.63, 3.8) is 0 Å². The Balaban J connectivity index is 1.39. The van der Waals surface area contributed by atoms with Gasteiger partial charge in [0, 0.05) is 62.7 Å². The summed E-state index contributed by atoms with van der Waals surface area (Å²) >= 11 is 0. The lowest BCUT2D eigenvalue weighted by atomic mass is 9.95. The van der Waals surface area contributed by atoms with Crippen LogP contribution in [0, 0.1) is 6.92 Å². The molecule has 3 aromatic rings. The van der Waals surface area contributed by atoms with Crippen molar-refractivity contribution in [2.45, 2.75) is 45.2 Å². The van der Waals surface area contributed by atoms with Crippen LogP contribution in [0.25, 0.3) is 0 Å². The Hall–Kier alpha value is -2.96. The van der Waals surface area contributed by atoms with E-state index in [0.717, 1.165) is 44.1 Å². The summed E-state index contributed by atoms with van der Waals surface area (Å²) in [5.41, 5.74) is 1.21. The van der Waals surface area contributed by atoms with Crippen molar-refractivity contribution in [1.29, 1.82) is 0 Å². The Bertz CT molecular complexity index is 923. The summed E-state index contributed by atoms with van der Waals surface area (Å²) in [5.74, 6) is 2.53. The Morgan fingerprint density at radius 3 is 2.50 bits per heavy atom. The number of aromatic nitrogens is 5. The van der Waals surface area contributed by atoms with Crippen LogP contribution in [-0.2, 0) is 11.3 Å². The van der Waals surface area contributed by atoms with Crippen LogP contribution in [0.15, 0.2) is 49.3 Å². The average Bonchev–Trinajstić information content (AvgIpc) is 3.37. The molecule has 0 bridgehead atoms. The van der Waals surface area contributed by atoms with E-state index in [-0.39, 0.29) is 11.9 Å². The molecular formula is C21H26N6O. The lowest BCUT2D eigenvalue weighted by molar-refractivity contribution is -0.135. The van der Waals surface area contributed by atoms with Crippen molar-refractivity contribution >= 4 is 5.91 Å². The molecule has 0 radical (unpaired) electrons. The maximum Gasteiger partial charge on any atom is 0.245 e. The lowest BCUT2D eigenvalue weighted by Gasteiger charge is -2.34. The number of hydrogen-bond donors (Lipinski definition) is 0. The fourth-order valence-corrected chi connectivity index (χ4v) is 4.04. The highest BCUT2D eigenvalue weighted by Crippen LogP contribution is 2.28. The molecule has 1 amide bonds. The van der Waals surface area contributed by atoms with Gasteiger partial charge in [-0.05, 0) is 44.4 Å². The van der Waals surface area contributed by atoms with E-state index < -0.39 is 0 Å². The summed E-state index contributed by atoms with van der Waals surface area (Å²) in [5, 5.41) is 0. The highest BCUT2D eigenvalue weighted by molar-refractivity contribution is 5.80. The zero-order valence-corrected chi connectivity index (χ0v) is 16.4. The molecular weight excluding hydrogens is 352 g/mol. The molecule has 0 aliphatic carbocycles. The molecule has 1 fully saturated rings. The molecule has 146 valence electrons. The van der Waals surface area contributed by atoms with E-state index in [1.54, 1.807) is 6.20 Å². The van der Waals surface area contributed by atoms with Gasteiger partial charge in [0.25, 0.3) is 0 Å². The Morgan fingerprint density at radius 1 is 1.11 bits per heavy atom. The molecule has 1 aliphatic heterocycles. The molecule has 4 rings (SSSR count). The van der Waals surface area contributed by atoms with E-state index in [1.807, 2.05) is 66.4 Å².